The molecule has 1 aromatic heterocycles. The largest absolute Gasteiger partial charge is 0.348 e. The molecule has 1 saturated heterocycles. The number of amides is 2. The van der Waals surface area contributed by atoms with Crippen LogP contribution in [0.25, 0.3) is 10.8 Å². The fourth-order valence-corrected chi connectivity index (χ4v) is 5.85. The number of carbonyl (C=O) groups excluding carboxylic acids is 2. The van der Waals surface area contributed by atoms with Gasteiger partial charge in [-0.3, -0.25) is 9.59 Å². The van der Waals surface area contributed by atoms with Crippen molar-refractivity contribution in [2.75, 3.05) is 26.7 Å². The number of rotatable bonds is 14. The van der Waals surface area contributed by atoms with E-state index in [1.807, 2.05) is 49.4 Å². The molecular weight excluding hydrogens is 550 g/mol. The molecule has 4 aromatic rings. The minimum Gasteiger partial charge on any atom is -0.348 e. The van der Waals surface area contributed by atoms with E-state index < -0.39 is 6.04 Å². The number of benzene rings is 3. The fraction of sp³-hybridized carbons (Fsp3) is 0.400. The molecule has 44 heavy (non-hydrogen) atoms. The zero-order valence-corrected chi connectivity index (χ0v) is 25.8. The van der Waals surface area contributed by atoms with Gasteiger partial charge in [0.05, 0.1) is 12.6 Å². The van der Waals surface area contributed by atoms with Gasteiger partial charge in [-0.25, -0.2) is 4.98 Å². The topological polar surface area (TPSA) is 114 Å². The number of aromatic nitrogens is 2. The normalized spacial score (nSPS) is 15.6. The van der Waals surface area contributed by atoms with Gasteiger partial charge >= 0.3 is 0 Å². The van der Waals surface area contributed by atoms with Gasteiger partial charge in [0, 0.05) is 30.5 Å². The quantitative estimate of drug-likeness (QED) is 0.139. The van der Waals surface area contributed by atoms with Crippen molar-refractivity contribution in [3.8, 4) is 0 Å². The Morgan fingerprint density at radius 1 is 0.977 bits per heavy atom. The maximum atomic E-state index is 13.7. The summed E-state index contributed by atoms with van der Waals surface area (Å²) in [5, 5.41) is 15.5. The lowest BCUT2D eigenvalue weighted by Crippen LogP contribution is -2.48. The maximum absolute atomic E-state index is 13.7. The standard InChI is InChI=1S/C35H45N7O2/c1-25(30-10-5-8-27-7-3-4-9-31(27)30)40-35(44)32(11-6-18-37-29-16-21-42(2)22-17-29)41-34(43)28-14-12-26(13-15-28)23-36-24-33-38-19-20-39-33/h3-5,7-10,12-15,19-20,25,29,32,36-37H,6,11,16-18,21-24H2,1-2H3,(H,38,39)(H,40,44)(H,41,43)/t25?,32-/m0/s1. The molecule has 0 spiro atoms. The summed E-state index contributed by atoms with van der Waals surface area (Å²) in [6.07, 6.45) is 7.13. The predicted molar refractivity (Wildman–Crippen MR) is 175 cm³/mol. The highest BCUT2D eigenvalue weighted by Crippen LogP contribution is 2.24. The summed E-state index contributed by atoms with van der Waals surface area (Å²) in [5.41, 5.74) is 2.65. The zero-order valence-electron chi connectivity index (χ0n) is 25.8. The Hall–Kier alpha value is -4.05. The average molecular weight is 596 g/mol. The monoisotopic (exact) mass is 595 g/mol. The van der Waals surface area contributed by atoms with Crippen molar-refractivity contribution in [3.05, 3.63) is 102 Å². The van der Waals surface area contributed by atoms with Crippen molar-refractivity contribution in [2.45, 2.75) is 63.8 Å². The summed E-state index contributed by atoms with van der Waals surface area (Å²) in [5.74, 6) is 0.458. The summed E-state index contributed by atoms with van der Waals surface area (Å²) in [6.45, 7) is 6.30. The lowest BCUT2D eigenvalue weighted by molar-refractivity contribution is -0.123. The van der Waals surface area contributed by atoms with E-state index in [4.69, 9.17) is 0 Å². The third-order valence-corrected chi connectivity index (χ3v) is 8.48. The molecule has 5 N–H and O–H groups in total. The van der Waals surface area contributed by atoms with Crippen LogP contribution in [0.2, 0.25) is 0 Å². The predicted octanol–water partition coefficient (Wildman–Crippen LogP) is 4.29. The Bertz CT molecular complexity index is 1480. The van der Waals surface area contributed by atoms with Gasteiger partial charge in [-0.2, -0.15) is 0 Å². The number of piperidine rings is 1. The molecule has 1 aliphatic heterocycles. The number of carbonyl (C=O) groups is 2. The van der Waals surface area contributed by atoms with Crippen LogP contribution in [0.1, 0.15) is 66.0 Å². The van der Waals surface area contributed by atoms with E-state index in [1.54, 1.807) is 12.4 Å². The first-order chi connectivity index (χ1) is 21.5. The van der Waals surface area contributed by atoms with Crippen LogP contribution in [0, 0.1) is 0 Å². The number of hydrogen-bond donors (Lipinski definition) is 5. The molecule has 0 radical (unpaired) electrons. The van der Waals surface area contributed by atoms with Crippen LogP contribution in [-0.4, -0.2) is 65.4 Å². The van der Waals surface area contributed by atoms with Crippen LogP contribution >= 0.6 is 0 Å². The van der Waals surface area contributed by atoms with E-state index in [1.165, 1.54) is 0 Å². The Kier molecular flexibility index (Phi) is 11.1. The number of H-pyrrole nitrogens is 1. The van der Waals surface area contributed by atoms with Gasteiger partial charge in [-0.15, -0.1) is 0 Å². The first-order valence-electron chi connectivity index (χ1n) is 15.7. The molecule has 2 amide bonds. The molecule has 232 valence electrons. The lowest BCUT2D eigenvalue weighted by atomic mass is 9.99. The molecule has 0 aliphatic carbocycles. The smallest absolute Gasteiger partial charge is 0.251 e. The van der Waals surface area contributed by atoms with Crippen molar-refractivity contribution in [1.29, 1.82) is 0 Å². The van der Waals surface area contributed by atoms with Gasteiger partial charge in [0.1, 0.15) is 11.9 Å². The van der Waals surface area contributed by atoms with E-state index in [-0.39, 0.29) is 17.9 Å². The number of hydrogen-bond acceptors (Lipinski definition) is 6. The Morgan fingerprint density at radius 3 is 2.52 bits per heavy atom. The second-order valence-corrected chi connectivity index (χ2v) is 11.8. The Labute approximate surface area is 260 Å². The molecule has 2 atom stereocenters. The highest BCUT2D eigenvalue weighted by Gasteiger charge is 2.24. The minimum absolute atomic E-state index is 0.170. The van der Waals surface area contributed by atoms with E-state index in [0.29, 0.717) is 31.1 Å². The second kappa shape index (κ2) is 15.6. The molecular formula is C35H45N7O2. The molecule has 9 heteroatoms. The summed E-state index contributed by atoms with van der Waals surface area (Å²) < 4.78 is 0. The van der Waals surface area contributed by atoms with Gasteiger partial charge in [0.25, 0.3) is 5.91 Å². The van der Waals surface area contributed by atoms with Crippen LogP contribution in [-0.2, 0) is 17.9 Å². The van der Waals surface area contributed by atoms with Crippen LogP contribution in [0.5, 0.6) is 0 Å². The number of likely N-dealkylation sites (tertiary alicyclic amines) is 1. The summed E-state index contributed by atoms with van der Waals surface area (Å²) in [4.78, 5) is 36.7. The molecule has 1 aliphatic rings. The SMILES string of the molecule is CC(NC(=O)[C@H](CCCNC1CCN(C)CC1)NC(=O)c1ccc(CNCc2ncc[nH]2)cc1)c1cccc2ccccc12. The highest BCUT2D eigenvalue weighted by atomic mass is 16.2. The number of fused-ring (bicyclic) bond motifs is 1. The van der Waals surface area contributed by atoms with E-state index >= 15 is 0 Å². The molecule has 5 rings (SSSR count). The Balaban J connectivity index is 1.20. The number of imidazole rings is 1. The first-order valence-corrected chi connectivity index (χ1v) is 15.7. The van der Waals surface area contributed by atoms with E-state index in [9.17, 15) is 9.59 Å². The highest BCUT2D eigenvalue weighted by molar-refractivity contribution is 5.97. The second-order valence-electron chi connectivity index (χ2n) is 11.8. The van der Waals surface area contributed by atoms with Gasteiger partial charge in [-0.1, -0.05) is 54.6 Å². The van der Waals surface area contributed by atoms with Crippen molar-refractivity contribution in [2.24, 2.45) is 0 Å². The first kappa shape index (κ1) is 31.4. The zero-order chi connectivity index (χ0) is 30.7. The Morgan fingerprint density at radius 2 is 1.75 bits per heavy atom. The van der Waals surface area contributed by atoms with Crippen LogP contribution in [0.4, 0.5) is 0 Å². The van der Waals surface area contributed by atoms with Gasteiger partial charge in [0.2, 0.25) is 5.91 Å². The molecule has 0 bridgehead atoms. The molecule has 9 nitrogen and oxygen atoms in total. The van der Waals surface area contributed by atoms with Crippen molar-refractivity contribution in [1.82, 2.24) is 36.1 Å². The minimum atomic E-state index is -0.645. The van der Waals surface area contributed by atoms with Crippen molar-refractivity contribution < 1.29 is 9.59 Å². The van der Waals surface area contributed by atoms with Gasteiger partial charge in [-0.05, 0) is 93.3 Å². The van der Waals surface area contributed by atoms with Crippen LogP contribution in [0.3, 0.4) is 0 Å². The van der Waals surface area contributed by atoms with Crippen LogP contribution < -0.4 is 21.3 Å². The molecule has 1 fully saturated rings. The van der Waals surface area contributed by atoms with Crippen molar-refractivity contribution >= 4 is 22.6 Å². The molecule has 0 saturated carbocycles. The van der Waals surface area contributed by atoms with E-state index in [0.717, 1.165) is 66.6 Å². The molecule has 2 heterocycles. The van der Waals surface area contributed by atoms with Crippen molar-refractivity contribution in [3.63, 3.8) is 0 Å². The summed E-state index contributed by atoms with van der Waals surface area (Å²) in [6, 6.07) is 21.5. The number of nitrogens with one attached hydrogen (secondary N) is 5. The molecule has 3 aromatic carbocycles. The third kappa shape index (κ3) is 8.75. The fourth-order valence-electron chi connectivity index (χ4n) is 5.85. The number of nitrogens with zero attached hydrogens (tertiary/aromatic N) is 2. The maximum Gasteiger partial charge on any atom is 0.251 e. The van der Waals surface area contributed by atoms with Crippen LogP contribution in [0.15, 0.2) is 79.1 Å². The third-order valence-electron chi connectivity index (χ3n) is 8.48. The van der Waals surface area contributed by atoms with Gasteiger partial charge in [0.15, 0.2) is 0 Å². The number of aromatic amines is 1. The lowest BCUT2D eigenvalue weighted by Gasteiger charge is -2.29. The van der Waals surface area contributed by atoms with Gasteiger partial charge < -0.3 is 31.2 Å². The van der Waals surface area contributed by atoms with E-state index in [2.05, 4.69) is 67.4 Å². The summed E-state index contributed by atoms with van der Waals surface area (Å²) >= 11 is 0. The average Bonchev–Trinajstić information content (AvgIpc) is 3.57. The molecule has 1 unspecified atom stereocenters. The summed E-state index contributed by atoms with van der Waals surface area (Å²) in [7, 11) is 2.16.